The van der Waals surface area contributed by atoms with E-state index in [1.165, 1.54) is 0 Å². The smallest absolute Gasteiger partial charge is 0.250 e. The van der Waals surface area contributed by atoms with Crippen LogP contribution < -0.4 is 4.74 Å². The van der Waals surface area contributed by atoms with Gasteiger partial charge in [-0.05, 0) is 38.1 Å². The fourth-order valence-electron chi connectivity index (χ4n) is 3.21. The highest BCUT2D eigenvalue weighted by Gasteiger charge is 2.39. The molecule has 0 amide bonds. The molecule has 0 bridgehead atoms. The van der Waals surface area contributed by atoms with Crippen LogP contribution in [0.5, 0.6) is 5.75 Å². The van der Waals surface area contributed by atoms with Crippen molar-refractivity contribution in [1.29, 1.82) is 5.26 Å². The van der Waals surface area contributed by atoms with E-state index in [0.717, 1.165) is 5.70 Å². The number of halogens is 2. The quantitative estimate of drug-likeness (QED) is 0.735. The molecule has 0 aliphatic carbocycles. The van der Waals surface area contributed by atoms with E-state index in [0.29, 0.717) is 35.3 Å². The molecular formula is C18H20F2N4O2S. The number of hydrogen-bond acceptors (Lipinski definition) is 4. The van der Waals surface area contributed by atoms with Gasteiger partial charge in [-0.15, -0.1) is 4.99 Å². The van der Waals surface area contributed by atoms with E-state index < -0.39 is 28.6 Å². The van der Waals surface area contributed by atoms with Gasteiger partial charge in [0.2, 0.25) is 18.6 Å². The minimum absolute atomic E-state index is 0.331. The Kier molecular flexibility index (Phi) is 5.20. The molecule has 3 rings (SSSR count). The van der Waals surface area contributed by atoms with Crippen LogP contribution in [-0.2, 0) is 10.8 Å². The molecule has 2 aliphatic heterocycles. The molecule has 0 N–H and O–H groups in total. The lowest BCUT2D eigenvalue weighted by Crippen LogP contribution is -2.44. The number of fused-ring (bicyclic) bond motifs is 1. The zero-order chi connectivity index (χ0) is 19.8. The molecule has 0 aromatic heterocycles. The van der Waals surface area contributed by atoms with Crippen LogP contribution in [0.2, 0.25) is 0 Å². The van der Waals surface area contributed by atoms with Crippen molar-refractivity contribution >= 4 is 22.8 Å². The standard InChI is InChI=1S/C18H20F2N4O2S/c1-18(2)15(24-7-6-23(3)17(24)22-11-21)9-12-8-13(4-5-14(12)26-18)27(25)10-16(19)20/h4-5,8-9,16H,6-7,10H2,1-3H3. The van der Waals surface area contributed by atoms with E-state index in [4.69, 9.17) is 10.00 Å². The predicted octanol–water partition coefficient (Wildman–Crippen LogP) is 2.66. The number of rotatable bonds is 4. The van der Waals surface area contributed by atoms with Gasteiger partial charge in [-0.1, -0.05) is 0 Å². The Morgan fingerprint density at radius 1 is 1.41 bits per heavy atom. The van der Waals surface area contributed by atoms with E-state index in [1.807, 2.05) is 43.0 Å². The first-order valence-corrected chi connectivity index (χ1v) is 9.72. The Hall–Kier alpha value is -2.47. The van der Waals surface area contributed by atoms with E-state index in [9.17, 15) is 13.0 Å². The molecule has 0 radical (unpaired) electrons. The van der Waals surface area contributed by atoms with Crippen LogP contribution in [0, 0.1) is 11.5 Å². The number of ether oxygens (including phenoxy) is 1. The van der Waals surface area contributed by atoms with E-state index in [2.05, 4.69) is 4.99 Å². The Bertz CT molecular complexity index is 877. The molecule has 2 aliphatic rings. The lowest BCUT2D eigenvalue weighted by molar-refractivity contribution is 0.122. The largest absolute Gasteiger partial charge is 0.481 e. The van der Waals surface area contributed by atoms with E-state index in [-0.39, 0.29) is 0 Å². The maximum absolute atomic E-state index is 12.5. The van der Waals surface area contributed by atoms with Crippen molar-refractivity contribution in [3.05, 3.63) is 29.5 Å². The highest BCUT2D eigenvalue weighted by atomic mass is 32.2. The highest BCUT2D eigenvalue weighted by molar-refractivity contribution is 7.85. The topological polar surface area (TPSA) is 68.9 Å². The fourth-order valence-corrected chi connectivity index (χ4v) is 4.11. The molecule has 1 aromatic rings. The van der Waals surface area contributed by atoms with Crippen molar-refractivity contribution in [3.63, 3.8) is 0 Å². The maximum atomic E-state index is 12.5. The summed E-state index contributed by atoms with van der Waals surface area (Å²) in [5.74, 6) is 0.423. The predicted molar refractivity (Wildman–Crippen MR) is 98.8 cm³/mol. The molecule has 27 heavy (non-hydrogen) atoms. The minimum Gasteiger partial charge on any atom is -0.481 e. The third-order valence-corrected chi connectivity index (χ3v) is 5.81. The summed E-state index contributed by atoms with van der Waals surface area (Å²) in [7, 11) is 0.0710. The van der Waals surface area contributed by atoms with Gasteiger partial charge in [0, 0.05) is 30.6 Å². The Labute approximate surface area is 159 Å². The molecule has 1 saturated heterocycles. The molecule has 0 saturated carbocycles. The normalized spacial score (nSPS) is 20.9. The molecule has 1 atom stereocenters. The first kappa shape index (κ1) is 19.3. The first-order valence-electron chi connectivity index (χ1n) is 8.40. The van der Waals surface area contributed by atoms with Gasteiger partial charge in [-0.2, -0.15) is 5.26 Å². The van der Waals surface area contributed by atoms with Crippen molar-refractivity contribution in [2.24, 2.45) is 4.99 Å². The zero-order valence-corrected chi connectivity index (χ0v) is 16.1. The zero-order valence-electron chi connectivity index (χ0n) is 15.3. The van der Waals surface area contributed by atoms with Crippen molar-refractivity contribution in [2.45, 2.75) is 30.8 Å². The van der Waals surface area contributed by atoms with Crippen LogP contribution in [0.1, 0.15) is 19.4 Å². The highest BCUT2D eigenvalue weighted by Crippen LogP contribution is 2.39. The summed E-state index contributed by atoms with van der Waals surface area (Å²) in [5, 5.41) is 8.98. The molecule has 2 heterocycles. The molecule has 144 valence electrons. The van der Waals surface area contributed by atoms with Crippen molar-refractivity contribution in [1.82, 2.24) is 9.80 Å². The monoisotopic (exact) mass is 394 g/mol. The molecule has 1 aromatic carbocycles. The van der Waals surface area contributed by atoms with Gasteiger partial charge in [0.25, 0.3) is 0 Å². The summed E-state index contributed by atoms with van der Waals surface area (Å²) in [5.41, 5.74) is 0.776. The molecule has 1 unspecified atom stereocenters. The van der Waals surface area contributed by atoms with Gasteiger partial charge in [-0.3, -0.25) is 4.21 Å². The third kappa shape index (κ3) is 3.81. The van der Waals surface area contributed by atoms with Crippen molar-refractivity contribution < 1.29 is 17.7 Å². The molecule has 9 heteroatoms. The first-order chi connectivity index (χ1) is 12.7. The van der Waals surface area contributed by atoms with Crippen LogP contribution in [0.3, 0.4) is 0 Å². The number of alkyl halides is 2. The SMILES string of the molecule is CN1CCN(C2=Cc3cc(S(=O)CC(F)F)ccc3OC2(C)C)C1=NC#N. The van der Waals surface area contributed by atoms with Crippen LogP contribution in [0.25, 0.3) is 6.08 Å². The number of likely N-dealkylation sites (N-methyl/N-ethyl adjacent to an activating group) is 1. The lowest BCUT2D eigenvalue weighted by atomic mass is 9.97. The van der Waals surface area contributed by atoms with Gasteiger partial charge < -0.3 is 14.5 Å². The minimum atomic E-state index is -2.63. The number of nitrogens with zero attached hydrogens (tertiary/aromatic N) is 4. The number of guanidine groups is 1. The molecule has 0 spiro atoms. The number of hydrogen-bond donors (Lipinski definition) is 0. The Morgan fingerprint density at radius 3 is 2.81 bits per heavy atom. The van der Waals surface area contributed by atoms with Crippen LogP contribution in [-0.4, -0.2) is 57.9 Å². The average Bonchev–Trinajstić information content (AvgIpc) is 2.93. The van der Waals surface area contributed by atoms with Crippen LogP contribution in [0.4, 0.5) is 8.78 Å². The molecule has 6 nitrogen and oxygen atoms in total. The maximum Gasteiger partial charge on any atom is 0.250 e. The third-order valence-electron chi connectivity index (χ3n) is 4.48. The number of aliphatic imine (C=N–C) groups is 1. The summed E-state index contributed by atoms with van der Waals surface area (Å²) in [4.78, 5) is 8.03. The Balaban J connectivity index is 2.02. The van der Waals surface area contributed by atoms with E-state index in [1.54, 1.807) is 18.2 Å². The molecular weight excluding hydrogens is 374 g/mol. The van der Waals surface area contributed by atoms with Crippen molar-refractivity contribution in [3.8, 4) is 11.9 Å². The summed E-state index contributed by atoms with van der Waals surface area (Å²) in [6.45, 7) is 5.17. The summed E-state index contributed by atoms with van der Waals surface area (Å²) in [6, 6.07) is 4.83. The fraction of sp³-hybridized carbons (Fsp3) is 0.444. The number of benzene rings is 1. The van der Waals surface area contributed by atoms with Gasteiger partial charge in [0.1, 0.15) is 11.4 Å². The second kappa shape index (κ2) is 7.27. The number of nitriles is 1. The van der Waals surface area contributed by atoms with Gasteiger partial charge in [0.15, 0.2) is 0 Å². The van der Waals surface area contributed by atoms with Crippen molar-refractivity contribution in [2.75, 3.05) is 25.9 Å². The Morgan fingerprint density at radius 2 is 2.15 bits per heavy atom. The molecule has 1 fully saturated rings. The van der Waals surface area contributed by atoms with Gasteiger partial charge in [0.05, 0.1) is 22.2 Å². The second-order valence-corrected chi connectivity index (χ2v) is 8.33. The average molecular weight is 394 g/mol. The summed E-state index contributed by atoms with van der Waals surface area (Å²) in [6.07, 6.45) is 1.07. The van der Waals surface area contributed by atoms with Gasteiger partial charge in [-0.25, -0.2) is 8.78 Å². The van der Waals surface area contributed by atoms with Crippen LogP contribution in [0.15, 0.2) is 33.8 Å². The lowest BCUT2D eigenvalue weighted by Gasteiger charge is -2.38. The summed E-state index contributed by atoms with van der Waals surface area (Å²) >= 11 is 0. The van der Waals surface area contributed by atoms with Crippen LogP contribution >= 0.6 is 0 Å². The summed E-state index contributed by atoms with van der Waals surface area (Å²) < 4.78 is 43.3. The second-order valence-electron chi connectivity index (χ2n) is 6.83. The van der Waals surface area contributed by atoms with Gasteiger partial charge >= 0.3 is 0 Å². The van der Waals surface area contributed by atoms with E-state index >= 15 is 0 Å².